The molecule has 3 nitrogen and oxygen atoms in total. The molecule has 0 amide bonds. The Kier molecular flexibility index (Phi) is 3.10. The number of hydrogen-bond donors (Lipinski definition) is 1. The molecule has 1 heterocycles. The van der Waals surface area contributed by atoms with Crippen molar-refractivity contribution in [3.8, 4) is 0 Å². The van der Waals surface area contributed by atoms with Crippen LogP contribution in [0, 0.1) is 0 Å². The molecule has 0 saturated carbocycles. The molecule has 2 N–H and O–H groups in total. The summed E-state index contributed by atoms with van der Waals surface area (Å²) in [5.74, 6) is -0.194. The summed E-state index contributed by atoms with van der Waals surface area (Å²) in [5, 5.41) is 2.71. The fourth-order valence-electron chi connectivity index (χ4n) is 0.893. The second-order valence-electron chi connectivity index (χ2n) is 2.39. The van der Waals surface area contributed by atoms with Gasteiger partial charge in [0.05, 0.1) is 12.1 Å². The number of anilines is 1. The van der Waals surface area contributed by atoms with Gasteiger partial charge in [0, 0.05) is 6.42 Å². The van der Waals surface area contributed by atoms with Gasteiger partial charge in [0.1, 0.15) is 0 Å². The van der Waals surface area contributed by atoms with E-state index in [0.29, 0.717) is 12.8 Å². The molecule has 66 valence electrons. The van der Waals surface area contributed by atoms with Crippen LogP contribution in [0.5, 0.6) is 0 Å². The van der Waals surface area contributed by atoms with Crippen LogP contribution in [0.15, 0.2) is 11.4 Å². The lowest BCUT2D eigenvalue weighted by atomic mass is 10.2. The van der Waals surface area contributed by atoms with Gasteiger partial charge in [-0.15, -0.1) is 11.3 Å². The normalized spacial score (nSPS) is 9.75. The van der Waals surface area contributed by atoms with Crippen molar-refractivity contribution in [2.45, 2.75) is 12.8 Å². The van der Waals surface area contributed by atoms with E-state index in [1.807, 2.05) is 11.4 Å². The van der Waals surface area contributed by atoms with Gasteiger partial charge in [-0.3, -0.25) is 4.79 Å². The molecule has 0 radical (unpaired) electrons. The average Bonchev–Trinajstić information content (AvgIpc) is 2.47. The highest BCUT2D eigenvalue weighted by atomic mass is 32.1. The third kappa shape index (κ3) is 2.23. The van der Waals surface area contributed by atoms with E-state index in [9.17, 15) is 4.79 Å². The lowest BCUT2D eigenvalue weighted by molar-refractivity contribution is -0.140. The fourth-order valence-corrected chi connectivity index (χ4v) is 1.59. The molecular weight excluding hydrogens is 174 g/mol. The summed E-state index contributed by atoms with van der Waals surface area (Å²) in [4.78, 5) is 10.8. The summed E-state index contributed by atoms with van der Waals surface area (Å²) < 4.78 is 4.51. The summed E-state index contributed by atoms with van der Waals surface area (Å²) in [6, 6.07) is 1.93. The molecule has 0 aromatic carbocycles. The molecule has 0 aliphatic carbocycles. The summed E-state index contributed by atoms with van der Waals surface area (Å²) in [5.41, 5.74) is 6.67. The van der Waals surface area contributed by atoms with Crippen LogP contribution < -0.4 is 5.73 Å². The Morgan fingerprint density at radius 1 is 1.75 bits per heavy atom. The molecule has 12 heavy (non-hydrogen) atoms. The standard InChI is InChI=1S/C8H11NO2S/c1-11-7(10)3-2-6-4-5-12-8(6)9/h4-5H,2-3,9H2,1H3. The number of hydrogen-bond acceptors (Lipinski definition) is 4. The summed E-state index contributed by atoms with van der Waals surface area (Å²) >= 11 is 1.49. The highest BCUT2D eigenvalue weighted by Gasteiger charge is 2.04. The third-order valence-corrected chi connectivity index (χ3v) is 2.40. The zero-order valence-corrected chi connectivity index (χ0v) is 7.69. The molecule has 4 heteroatoms. The number of carbonyl (C=O) groups is 1. The van der Waals surface area contributed by atoms with E-state index in [1.165, 1.54) is 18.4 Å². The van der Waals surface area contributed by atoms with Gasteiger partial charge < -0.3 is 10.5 Å². The van der Waals surface area contributed by atoms with Crippen molar-refractivity contribution < 1.29 is 9.53 Å². The summed E-state index contributed by atoms with van der Waals surface area (Å²) in [6.07, 6.45) is 1.07. The molecule has 0 fully saturated rings. The van der Waals surface area contributed by atoms with Crippen LogP contribution in [0.3, 0.4) is 0 Å². The number of nitrogen functional groups attached to an aromatic ring is 1. The zero-order chi connectivity index (χ0) is 8.97. The number of carbonyl (C=O) groups excluding carboxylic acids is 1. The third-order valence-electron chi connectivity index (χ3n) is 1.61. The Hall–Kier alpha value is -1.03. The smallest absolute Gasteiger partial charge is 0.305 e. The van der Waals surface area contributed by atoms with Gasteiger partial charge in [0.2, 0.25) is 0 Å². The van der Waals surface area contributed by atoms with Crippen LogP contribution in [0.1, 0.15) is 12.0 Å². The lowest BCUT2D eigenvalue weighted by Gasteiger charge is -1.98. The second-order valence-corrected chi connectivity index (χ2v) is 3.33. The minimum atomic E-state index is -0.194. The molecule has 0 unspecified atom stereocenters. The molecule has 0 spiro atoms. The van der Waals surface area contributed by atoms with Crippen molar-refractivity contribution >= 4 is 22.3 Å². The quantitative estimate of drug-likeness (QED) is 0.725. The highest BCUT2D eigenvalue weighted by molar-refractivity contribution is 7.14. The van der Waals surface area contributed by atoms with Gasteiger partial charge in [0.15, 0.2) is 0 Å². The summed E-state index contributed by atoms with van der Waals surface area (Å²) in [6.45, 7) is 0. The van der Waals surface area contributed by atoms with Crippen LogP contribution in [-0.2, 0) is 16.0 Å². The minimum absolute atomic E-state index is 0.194. The first-order valence-electron chi connectivity index (χ1n) is 3.62. The first-order chi connectivity index (χ1) is 5.74. The minimum Gasteiger partial charge on any atom is -0.469 e. The molecule has 1 aromatic heterocycles. The van der Waals surface area contributed by atoms with Gasteiger partial charge in [-0.25, -0.2) is 0 Å². The average molecular weight is 185 g/mol. The van der Waals surface area contributed by atoms with E-state index in [1.54, 1.807) is 0 Å². The molecule has 0 aliphatic heterocycles. The maximum absolute atomic E-state index is 10.8. The van der Waals surface area contributed by atoms with Crippen LogP contribution in [0.25, 0.3) is 0 Å². The first-order valence-corrected chi connectivity index (χ1v) is 4.50. The molecule has 1 rings (SSSR count). The van der Waals surface area contributed by atoms with Crippen LogP contribution in [0.4, 0.5) is 5.00 Å². The van der Waals surface area contributed by atoms with E-state index >= 15 is 0 Å². The monoisotopic (exact) mass is 185 g/mol. The topological polar surface area (TPSA) is 52.3 Å². The molecule has 0 bridgehead atoms. The van der Waals surface area contributed by atoms with Crippen molar-refractivity contribution in [1.82, 2.24) is 0 Å². The highest BCUT2D eigenvalue weighted by Crippen LogP contribution is 2.20. The van der Waals surface area contributed by atoms with E-state index < -0.39 is 0 Å². The Bertz CT molecular complexity index is 270. The second kappa shape index (κ2) is 4.11. The van der Waals surface area contributed by atoms with Gasteiger partial charge in [-0.2, -0.15) is 0 Å². The van der Waals surface area contributed by atoms with Crippen molar-refractivity contribution in [2.75, 3.05) is 12.8 Å². The van der Waals surface area contributed by atoms with Crippen molar-refractivity contribution in [1.29, 1.82) is 0 Å². The Balaban J connectivity index is 2.43. The number of thiophene rings is 1. The zero-order valence-electron chi connectivity index (χ0n) is 6.87. The Labute approximate surface area is 75.1 Å². The van der Waals surface area contributed by atoms with Gasteiger partial charge in [-0.05, 0) is 23.4 Å². The van der Waals surface area contributed by atoms with Crippen LogP contribution >= 0.6 is 11.3 Å². The van der Waals surface area contributed by atoms with E-state index in [0.717, 1.165) is 10.6 Å². The molecule has 0 saturated heterocycles. The fraction of sp³-hybridized carbons (Fsp3) is 0.375. The molecule has 0 aliphatic rings. The molecule has 1 aromatic rings. The van der Waals surface area contributed by atoms with Crippen LogP contribution in [-0.4, -0.2) is 13.1 Å². The molecular formula is C8H11NO2S. The van der Waals surface area contributed by atoms with Gasteiger partial charge >= 0.3 is 5.97 Å². The van der Waals surface area contributed by atoms with Crippen molar-refractivity contribution in [2.24, 2.45) is 0 Å². The van der Waals surface area contributed by atoms with Gasteiger partial charge in [0.25, 0.3) is 0 Å². The number of nitrogens with two attached hydrogens (primary N) is 1. The van der Waals surface area contributed by atoms with E-state index in [4.69, 9.17) is 5.73 Å². The maximum atomic E-state index is 10.8. The lowest BCUT2D eigenvalue weighted by Crippen LogP contribution is -2.02. The first kappa shape index (κ1) is 9.06. The van der Waals surface area contributed by atoms with Crippen molar-refractivity contribution in [3.05, 3.63) is 17.0 Å². The van der Waals surface area contributed by atoms with Crippen molar-refractivity contribution in [3.63, 3.8) is 0 Å². The number of rotatable bonds is 3. The predicted octanol–water partition coefficient (Wildman–Crippen LogP) is 1.44. The molecule has 0 atom stereocenters. The summed E-state index contributed by atoms with van der Waals surface area (Å²) in [7, 11) is 1.39. The SMILES string of the molecule is COC(=O)CCc1ccsc1N. The van der Waals surface area contributed by atoms with Gasteiger partial charge in [-0.1, -0.05) is 0 Å². The Morgan fingerprint density at radius 3 is 3.00 bits per heavy atom. The number of methoxy groups -OCH3 is 1. The number of esters is 1. The van der Waals surface area contributed by atoms with E-state index in [2.05, 4.69) is 4.74 Å². The predicted molar refractivity (Wildman–Crippen MR) is 49.1 cm³/mol. The largest absolute Gasteiger partial charge is 0.469 e. The maximum Gasteiger partial charge on any atom is 0.305 e. The number of aryl methyl sites for hydroxylation is 1. The Morgan fingerprint density at radius 2 is 2.50 bits per heavy atom. The number of ether oxygens (including phenoxy) is 1. The van der Waals surface area contributed by atoms with E-state index in [-0.39, 0.29) is 5.97 Å². The van der Waals surface area contributed by atoms with Crippen LogP contribution in [0.2, 0.25) is 0 Å².